The number of rotatable bonds is 3. The molecule has 1 amide bonds. The maximum atomic E-state index is 13.1. The summed E-state index contributed by atoms with van der Waals surface area (Å²) in [5, 5.41) is 13.1. The van der Waals surface area contributed by atoms with Gasteiger partial charge in [-0.05, 0) is 30.3 Å². The van der Waals surface area contributed by atoms with Crippen LogP contribution in [0.3, 0.4) is 0 Å². The first kappa shape index (κ1) is 14.4. The Labute approximate surface area is 117 Å². The number of nitrogen functional groups attached to an aromatic ring is 1. The molecule has 2 aromatic rings. The Morgan fingerprint density at radius 3 is 2.43 bits per heavy atom. The lowest BCUT2D eigenvalue weighted by Gasteiger charge is -2.08. The van der Waals surface area contributed by atoms with Crippen LogP contribution in [0, 0.1) is 21.7 Å². The molecule has 2 aromatic carbocycles. The average Bonchev–Trinajstić information content (AvgIpc) is 2.42. The van der Waals surface area contributed by atoms with Gasteiger partial charge in [-0.2, -0.15) is 0 Å². The van der Waals surface area contributed by atoms with Crippen LogP contribution in [-0.4, -0.2) is 10.8 Å². The number of nitrogens with two attached hydrogens (primary N) is 1. The van der Waals surface area contributed by atoms with E-state index in [9.17, 15) is 23.7 Å². The zero-order valence-corrected chi connectivity index (χ0v) is 10.5. The van der Waals surface area contributed by atoms with Crippen molar-refractivity contribution in [2.24, 2.45) is 0 Å². The van der Waals surface area contributed by atoms with Gasteiger partial charge in [-0.25, -0.2) is 8.78 Å². The molecule has 6 nitrogen and oxygen atoms in total. The summed E-state index contributed by atoms with van der Waals surface area (Å²) in [6, 6.07) is 5.83. The molecule has 0 heterocycles. The molecule has 0 aliphatic carbocycles. The lowest BCUT2D eigenvalue weighted by molar-refractivity contribution is -0.385. The van der Waals surface area contributed by atoms with E-state index in [-0.39, 0.29) is 16.9 Å². The third-order valence-electron chi connectivity index (χ3n) is 2.66. The van der Waals surface area contributed by atoms with E-state index in [4.69, 9.17) is 5.73 Å². The Morgan fingerprint density at radius 1 is 1.14 bits per heavy atom. The predicted octanol–water partition coefficient (Wildman–Crippen LogP) is 2.71. The van der Waals surface area contributed by atoms with E-state index < -0.39 is 28.2 Å². The maximum Gasteiger partial charge on any atom is 0.285 e. The van der Waals surface area contributed by atoms with Crippen LogP contribution in [0.25, 0.3) is 0 Å². The summed E-state index contributed by atoms with van der Waals surface area (Å²) in [5.41, 5.74) is 4.58. The number of nitrogens with one attached hydrogen (secondary N) is 1. The van der Waals surface area contributed by atoms with E-state index in [0.29, 0.717) is 6.07 Å². The fourth-order valence-electron chi connectivity index (χ4n) is 1.67. The molecule has 8 heteroatoms. The van der Waals surface area contributed by atoms with Crippen molar-refractivity contribution >= 4 is 23.0 Å². The van der Waals surface area contributed by atoms with Crippen molar-refractivity contribution in [1.82, 2.24) is 0 Å². The minimum Gasteiger partial charge on any atom is -0.397 e. The smallest absolute Gasteiger partial charge is 0.285 e. The molecule has 0 saturated carbocycles. The Kier molecular flexibility index (Phi) is 3.79. The number of nitro groups is 1. The molecule has 0 aliphatic heterocycles. The molecule has 0 atom stereocenters. The highest BCUT2D eigenvalue weighted by Gasteiger charge is 2.21. The van der Waals surface area contributed by atoms with Crippen molar-refractivity contribution in [2.75, 3.05) is 11.1 Å². The fourth-order valence-corrected chi connectivity index (χ4v) is 1.67. The monoisotopic (exact) mass is 293 g/mol. The largest absolute Gasteiger partial charge is 0.397 e. The predicted molar refractivity (Wildman–Crippen MR) is 71.8 cm³/mol. The van der Waals surface area contributed by atoms with Gasteiger partial charge in [-0.15, -0.1) is 0 Å². The van der Waals surface area contributed by atoms with Crippen LogP contribution in [0.2, 0.25) is 0 Å². The molecule has 0 aromatic heterocycles. The number of benzene rings is 2. The second-order valence-electron chi connectivity index (χ2n) is 4.10. The van der Waals surface area contributed by atoms with Crippen molar-refractivity contribution in [3.8, 4) is 0 Å². The summed E-state index contributed by atoms with van der Waals surface area (Å²) in [6.45, 7) is 0. The lowest BCUT2D eigenvalue weighted by Crippen LogP contribution is -2.15. The molecule has 108 valence electrons. The summed E-state index contributed by atoms with van der Waals surface area (Å²) >= 11 is 0. The van der Waals surface area contributed by atoms with E-state index in [0.717, 1.165) is 24.3 Å². The van der Waals surface area contributed by atoms with Gasteiger partial charge >= 0.3 is 0 Å². The van der Waals surface area contributed by atoms with Crippen LogP contribution in [-0.2, 0) is 0 Å². The van der Waals surface area contributed by atoms with Gasteiger partial charge in [0.05, 0.1) is 22.4 Å². The van der Waals surface area contributed by atoms with E-state index in [2.05, 4.69) is 5.32 Å². The van der Waals surface area contributed by atoms with Gasteiger partial charge in [-0.3, -0.25) is 14.9 Å². The SMILES string of the molecule is Nc1ccc(F)cc1NC(=O)c1ccc(F)cc1[N+](=O)[O-]. The van der Waals surface area contributed by atoms with Gasteiger partial charge in [-0.1, -0.05) is 0 Å². The summed E-state index contributed by atoms with van der Waals surface area (Å²) in [7, 11) is 0. The van der Waals surface area contributed by atoms with Gasteiger partial charge in [0.1, 0.15) is 17.2 Å². The zero-order valence-electron chi connectivity index (χ0n) is 10.5. The molecule has 0 aliphatic rings. The molecule has 0 fully saturated rings. The third kappa shape index (κ3) is 3.11. The van der Waals surface area contributed by atoms with Crippen LogP contribution in [0.15, 0.2) is 36.4 Å². The zero-order chi connectivity index (χ0) is 15.6. The van der Waals surface area contributed by atoms with Gasteiger partial charge < -0.3 is 11.1 Å². The first-order valence-electron chi connectivity index (χ1n) is 5.69. The second-order valence-corrected chi connectivity index (χ2v) is 4.10. The first-order valence-corrected chi connectivity index (χ1v) is 5.69. The maximum absolute atomic E-state index is 13.1. The van der Waals surface area contributed by atoms with E-state index in [1.54, 1.807) is 0 Å². The molecule has 3 N–H and O–H groups in total. The van der Waals surface area contributed by atoms with Gasteiger partial charge in [0, 0.05) is 0 Å². The number of nitro benzene ring substituents is 1. The molecule has 0 unspecified atom stereocenters. The molecule has 0 saturated heterocycles. The summed E-state index contributed by atoms with van der Waals surface area (Å²) in [5.74, 6) is -2.37. The van der Waals surface area contributed by atoms with E-state index in [1.165, 1.54) is 6.07 Å². The second kappa shape index (κ2) is 5.53. The standard InChI is InChI=1S/C13H9F2N3O3/c14-7-2-4-10(16)11(5-7)17-13(19)9-3-1-8(15)6-12(9)18(20)21/h1-6H,16H2,(H,17,19). The number of hydrogen-bond donors (Lipinski definition) is 2. The van der Waals surface area contributed by atoms with Crippen molar-refractivity contribution in [1.29, 1.82) is 0 Å². The molecule has 0 radical (unpaired) electrons. The Bertz CT molecular complexity index is 735. The van der Waals surface area contributed by atoms with Gasteiger partial charge in [0.25, 0.3) is 11.6 Å². The molecular formula is C13H9F2N3O3. The Morgan fingerprint density at radius 2 is 1.76 bits per heavy atom. The quantitative estimate of drug-likeness (QED) is 0.516. The summed E-state index contributed by atoms with van der Waals surface area (Å²) < 4.78 is 26.1. The molecule has 0 bridgehead atoms. The Hall–Kier alpha value is -3.03. The van der Waals surface area contributed by atoms with Crippen LogP contribution in [0.5, 0.6) is 0 Å². The highest BCUT2D eigenvalue weighted by atomic mass is 19.1. The fraction of sp³-hybridized carbons (Fsp3) is 0. The highest BCUT2D eigenvalue weighted by Crippen LogP contribution is 2.24. The van der Waals surface area contributed by atoms with Crippen molar-refractivity contribution < 1.29 is 18.5 Å². The average molecular weight is 293 g/mol. The van der Waals surface area contributed by atoms with Crippen LogP contribution in [0.4, 0.5) is 25.8 Å². The number of anilines is 2. The topological polar surface area (TPSA) is 98.3 Å². The lowest BCUT2D eigenvalue weighted by atomic mass is 10.1. The van der Waals surface area contributed by atoms with Crippen molar-refractivity contribution in [2.45, 2.75) is 0 Å². The summed E-state index contributed by atoms with van der Waals surface area (Å²) in [4.78, 5) is 21.9. The van der Waals surface area contributed by atoms with E-state index in [1.807, 2.05) is 0 Å². The third-order valence-corrected chi connectivity index (χ3v) is 2.66. The molecular weight excluding hydrogens is 284 g/mol. The van der Waals surface area contributed by atoms with Crippen molar-refractivity contribution in [3.63, 3.8) is 0 Å². The minimum absolute atomic E-state index is 0.0291. The van der Waals surface area contributed by atoms with Crippen molar-refractivity contribution in [3.05, 3.63) is 63.7 Å². The Balaban J connectivity index is 2.37. The summed E-state index contributed by atoms with van der Waals surface area (Å²) in [6.07, 6.45) is 0. The number of nitrogens with zero attached hydrogens (tertiary/aromatic N) is 1. The number of hydrogen-bond acceptors (Lipinski definition) is 4. The normalized spacial score (nSPS) is 10.2. The number of halogens is 2. The highest BCUT2D eigenvalue weighted by molar-refractivity contribution is 6.08. The van der Waals surface area contributed by atoms with Crippen LogP contribution in [0.1, 0.15) is 10.4 Å². The van der Waals surface area contributed by atoms with Crippen LogP contribution < -0.4 is 11.1 Å². The van der Waals surface area contributed by atoms with Gasteiger partial charge in [0.2, 0.25) is 0 Å². The number of carbonyl (C=O) groups is 1. The molecule has 0 spiro atoms. The van der Waals surface area contributed by atoms with Gasteiger partial charge in [0.15, 0.2) is 0 Å². The first-order chi connectivity index (χ1) is 9.88. The minimum atomic E-state index is -0.890. The van der Waals surface area contributed by atoms with Crippen LogP contribution >= 0.6 is 0 Å². The number of carbonyl (C=O) groups excluding carboxylic acids is 1. The molecule has 2 rings (SSSR count). The van der Waals surface area contributed by atoms with E-state index >= 15 is 0 Å². The molecule has 21 heavy (non-hydrogen) atoms. The number of amides is 1.